The molecule has 0 radical (unpaired) electrons. The number of para-hydroxylation sites is 3. The number of ether oxygens (including phenoxy) is 9. The first-order chi connectivity index (χ1) is 52.3. The summed E-state index contributed by atoms with van der Waals surface area (Å²) in [6, 6.07) is 46.8. The summed E-state index contributed by atoms with van der Waals surface area (Å²) in [6.45, 7) is 2.44. The third-order valence-corrected chi connectivity index (χ3v) is 24.0. The number of hydrogen-bond acceptors (Lipinski definition) is 19. The summed E-state index contributed by atoms with van der Waals surface area (Å²) in [6.07, 6.45) is 9.35. The number of carbonyl (C=O) groups is 3. The van der Waals surface area contributed by atoms with Crippen molar-refractivity contribution in [2.45, 2.75) is 114 Å². The summed E-state index contributed by atoms with van der Waals surface area (Å²) < 4.78 is 58.1. The third-order valence-electron chi connectivity index (χ3n) is 24.0. The number of aliphatic hydroxyl groups excluding tert-OH is 1. The molecule has 4 N–H and O–H groups in total. The number of carbonyl (C=O) groups excluding carboxylic acids is 3. The van der Waals surface area contributed by atoms with Gasteiger partial charge in [-0.15, -0.1) is 0 Å². The van der Waals surface area contributed by atoms with E-state index in [1.165, 1.54) is 21.3 Å². The van der Waals surface area contributed by atoms with Gasteiger partial charge in [0.15, 0.2) is 18.6 Å². The Morgan fingerprint density at radius 3 is 1.18 bits per heavy atom. The van der Waals surface area contributed by atoms with Gasteiger partial charge in [0.05, 0.1) is 69.4 Å². The number of benzene rings is 6. The average Bonchev–Trinajstić information content (AvgIpc) is 1.68. The fraction of sp³-hybridized carbons (Fsp3) is 0.435. The van der Waals surface area contributed by atoms with Gasteiger partial charge in [-0.3, -0.25) is 14.4 Å². The van der Waals surface area contributed by atoms with Gasteiger partial charge >= 0.3 is 17.9 Å². The van der Waals surface area contributed by atoms with Crippen LogP contribution >= 0.6 is 0 Å². The molecule has 107 heavy (non-hydrogen) atoms. The molecular formula is C85H91N9O13. The molecule has 3 aliphatic carbocycles. The van der Waals surface area contributed by atoms with E-state index in [-0.39, 0.29) is 23.7 Å². The minimum absolute atomic E-state index is 0.0846. The number of nitrogens with zero attached hydrogens (tertiary/aromatic N) is 6. The van der Waals surface area contributed by atoms with Crippen molar-refractivity contribution in [1.82, 2.24) is 29.7 Å². The van der Waals surface area contributed by atoms with Crippen LogP contribution in [-0.4, -0.2) is 139 Å². The van der Waals surface area contributed by atoms with E-state index in [4.69, 9.17) is 42.6 Å². The molecule has 22 nitrogen and oxygen atoms in total. The van der Waals surface area contributed by atoms with Crippen LogP contribution in [0.3, 0.4) is 0 Å². The van der Waals surface area contributed by atoms with Crippen molar-refractivity contribution in [1.29, 1.82) is 15.8 Å². The van der Waals surface area contributed by atoms with E-state index in [1.54, 1.807) is 16.9 Å². The number of H-pyrrole nitrogens is 3. The largest absolute Gasteiger partial charge is 0.497 e. The number of methoxy groups -OCH3 is 4. The van der Waals surface area contributed by atoms with Gasteiger partial charge in [-0.25, -0.2) is 0 Å². The number of nitrogens with one attached hydrogen (secondary N) is 3. The van der Waals surface area contributed by atoms with Crippen LogP contribution in [0.15, 0.2) is 146 Å². The van der Waals surface area contributed by atoms with Gasteiger partial charge in [-0.2, -0.15) is 15.8 Å². The van der Waals surface area contributed by atoms with E-state index >= 15 is 0 Å². The SMILES string of the molecule is COC(=O)[C@@H]1C2C[C@H](Oc3ccccc3)c3[nH]c4ccc(O[C@H]5CC[C@H]6CN(C#N)CCc7c([nH]c8ccccc78)[C@H](Oc7ccccc7)CC6[C@H]5C(=O)OC)cc4c3CCN(C#N)C[C@@H]2CC[C@@H]1Oc1ccc2[nH]c3c(c2c1)CCN(C#N)C[C@@H]1CC[C@H](O)[C@H](C(=O)OC)C1C[C@H]3Oc1ccc(OC)cc1. The molecular weight excluding hydrogens is 1350 g/mol. The molecule has 3 aliphatic heterocycles. The minimum Gasteiger partial charge on any atom is -0.497 e. The fourth-order valence-electron chi connectivity index (χ4n) is 18.9. The predicted octanol–water partition coefficient (Wildman–Crippen LogP) is 13.4. The van der Waals surface area contributed by atoms with Gasteiger partial charge in [0.1, 0.15) is 65.0 Å². The highest BCUT2D eigenvalue weighted by Gasteiger charge is 2.51. The van der Waals surface area contributed by atoms with E-state index < -0.39 is 84.1 Å². The maximum Gasteiger partial charge on any atom is 0.312 e. The highest BCUT2D eigenvalue weighted by molar-refractivity contribution is 5.88. The summed E-state index contributed by atoms with van der Waals surface area (Å²) in [5.74, 6) is -1.70. The average molecular weight is 1450 g/mol. The molecule has 0 amide bonds. The van der Waals surface area contributed by atoms with Gasteiger partial charge in [-0.1, -0.05) is 54.6 Å². The number of hydrogen-bond donors (Lipinski definition) is 4. The highest BCUT2D eigenvalue weighted by atomic mass is 16.5. The molecule has 3 saturated carbocycles. The zero-order chi connectivity index (χ0) is 73.8. The molecule has 15 rings (SSSR count). The molecule has 3 fully saturated rings. The van der Waals surface area contributed by atoms with Crippen LogP contribution in [0.5, 0.6) is 34.5 Å². The molecule has 3 aromatic heterocycles. The Bertz CT molecular complexity index is 4790. The molecule has 0 saturated heterocycles. The van der Waals surface area contributed by atoms with Crippen molar-refractivity contribution in [3.63, 3.8) is 0 Å². The number of esters is 3. The van der Waals surface area contributed by atoms with E-state index in [2.05, 4.69) is 45.7 Å². The van der Waals surface area contributed by atoms with Crippen molar-refractivity contribution in [2.24, 2.45) is 53.3 Å². The first-order valence-electron chi connectivity index (χ1n) is 37.6. The summed E-state index contributed by atoms with van der Waals surface area (Å²) in [7, 11) is 5.77. The highest BCUT2D eigenvalue weighted by Crippen LogP contribution is 2.51. The lowest BCUT2D eigenvalue weighted by atomic mass is 9.67. The van der Waals surface area contributed by atoms with Crippen LogP contribution in [0.1, 0.15) is 110 Å². The van der Waals surface area contributed by atoms with Crippen LogP contribution in [0.25, 0.3) is 32.7 Å². The van der Waals surface area contributed by atoms with E-state index in [1.807, 2.05) is 138 Å². The van der Waals surface area contributed by atoms with Crippen LogP contribution in [0, 0.1) is 87.6 Å². The predicted molar refractivity (Wildman–Crippen MR) is 397 cm³/mol. The zero-order valence-corrected chi connectivity index (χ0v) is 60.8. The number of aromatic nitrogens is 3. The first kappa shape index (κ1) is 71.6. The number of nitriles is 3. The molecule has 3 unspecified atom stereocenters. The molecule has 0 bridgehead atoms. The summed E-state index contributed by atoms with van der Waals surface area (Å²) >= 11 is 0. The molecule has 6 aromatic carbocycles. The Morgan fingerprint density at radius 1 is 0.402 bits per heavy atom. The summed E-state index contributed by atoms with van der Waals surface area (Å²) in [4.78, 5) is 60.1. The van der Waals surface area contributed by atoms with Gasteiger partial charge in [0.2, 0.25) is 0 Å². The number of rotatable bonds is 14. The van der Waals surface area contributed by atoms with Gasteiger partial charge in [-0.05, 0) is 220 Å². The van der Waals surface area contributed by atoms with E-state index in [0.717, 1.165) is 66.5 Å². The third kappa shape index (κ3) is 14.7. The molecule has 6 aliphatic rings. The Morgan fingerprint density at radius 2 is 0.757 bits per heavy atom. The monoisotopic (exact) mass is 1450 g/mol. The standard InChI is InChI=1S/C85H91N9O13/c1-99-53-22-24-56(25-23-53)105-74-41-63-50(19-30-71(95)77(63)83(96)100-2)44-93(48-87)37-34-61-66-39-57(26-28-69(66)90-81(61)74)107-73-32-21-52-46-94(49-88)38-35-62-67-40-58(27-29-70(67)91-82(62)76(104-55-15-9-6-10-16-55)43-65(52)79(73)85(98)102-4)106-72-31-20-51-45-92(47-86)36-33-60-59-17-11-12-18-68(59)89-80(60)75(103-54-13-7-5-8-14-54)42-64(51)78(72)84(97)101-3/h5-18,22-29,39-40,50-52,63-65,71-79,89-91,95H,19-21,30-38,41-46H2,1-4H3/t50-,51-,52-,63?,64?,65?,71-,72-,73-,74+,75+,76-,77+,78+,79+/m0/s1. The van der Waals surface area contributed by atoms with Crippen molar-refractivity contribution < 1.29 is 62.1 Å². The molecule has 0 spiro atoms. The second kappa shape index (κ2) is 31.6. The molecule has 554 valence electrons. The summed E-state index contributed by atoms with van der Waals surface area (Å²) in [5, 5.41) is 46.8. The molecule has 9 aromatic rings. The molecule has 15 atom stereocenters. The Kier molecular flexibility index (Phi) is 21.1. The van der Waals surface area contributed by atoms with E-state index in [0.29, 0.717) is 151 Å². The van der Waals surface area contributed by atoms with Crippen molar-refractivity contribution in [2.75, 3.05) is 67.7 Å². The molecule has 22 heteroatoms. The Hall–Kier alpha value is -11.0. The second-order valence-electron chi connectivity index (χ2n) is 29.8. The van der Waals surface area contributed by atoms with Crippen LogP contribution in [0.2, 0.25) is 0 Å². The Balaban J connectivity index is 0.759. The van der Waals surface area contributed by atoms with Crippen molar-refractivity contribution in [3.05, 3.63) is 179 Å². The van der Waals surface area contributed by atoms with Crippen molar-refractivity contribution >= 4 is 50.6 Å². The second-order valence-corrected chi connectivity index (χ2v) is 29.8. The summed E-state index contributed by atoms with van der Waals surface area (Å²) in [5.41, 5.74) is 7.96. The van der Waals surface area contributed by atoms with Gasteiger partial charge in [0.25, 0.3) is 0 Å². The topological polar surface area (TPSA) is 283 Å². The van der Waals surface area contributed by atoms with Crippen LogP contribution in [0.4, 0.5) is 0 Å². The first-order valence-corrected chi connectivity index (χ1v) is 37.6. The lowest BCUT2D eigenvalue weighted by Gasteiger charge is -2.44. The normalized spacial score (nSPS) is 26.7. The smallest absolute Gasteiger partial charge is 0.312 e. The number of aliphatic hydroxyl groups is 1. The molecule has 6 heterocycles. The van der Waals surface area contributed by atoms with E-state index in [9.17, 15) is 35.3 Å². The van der Waals surface area contributed by atoms with Crippen LogP contribution in [-0.2, 0) is 47.9 Å². The zero-order valence-electron chi connectivity index (χ0n) is 60.8. The quantitative estimate of drug-likeness (QED) is 0.0447. The van der Waals surface area contributed by atoms with Crippen LogP contribution < -0.4 is 28.4 Å². The lowest BCUT2D eigenvalue weighted by Crippen LogP contribution is -2.49. The van der Waals surface area contributed by atoms with Crippen molar-refractivity contribution in [3.8, 4) is 53.1 Å². The number of aromatic amines is 3. The van der Waals surface area contributed by atoms with Gasteiger partial charge < -0.3 is 77.4 Å². The minimum atomic E-state index is -0.941. The lowest BCUT2D eigenvalue weighted by molar-refractivity contribution is -0.158. The maximum absolute atomic E-state index is 15.0. The van der Waals surface area contributed by atoms with Gasteiger partial charge in [0, 0.05) is 72.0 Å². The fourth-order valence-corrected chi connectivity index (χ4v) is 18.9. The maximum atomic E-state index is 15.0. The number of fused-ring (bicyclic) bond motifs is 12. The Labute approximate surface area is 622 Å².